The van der Waals surface area contributed by atoms with Gasteiger partial charge in [-0.15, -0.1) is 0 Å². The van der Waals surface area contributed by atoms with Crippen molar-refractivity contribution in [2.45, 2.75) is 45.7 Å². The lowest BCUT2D eigenvalue weighted by Gasteiger charge is -2.45. The maximum atomic E-state index is 10.2. The molecule has 3 rings (SSSR count). The van der Waals surface area contributed by atoms with Gasteiger partial charge in [-0.3, -0.25) is 4.90 Å². The Kier molecular flexibility index (Phi) is 4.59. The zero-order valence-electron chi connectivity index (χ0n) is 15.2. The van der Waals surface area contributed by atoms with Crippen LogP contribution in [-0.4, -0.2) is 36.8 Å². The van der Waals surface area contributed by atoms with E-state index in [2.05, 4.69) is 24.8 Å². The monoisotopic (exact) mass is 329 g/mol. The lowest BCUT2D eigenvalue weighted by molar-refractivity contribution is 0.130. The minimum Gasteiger partial charge on any atom is -0.504 e. The first kappa shape index (κ1) is 16.9. The van der Waals surface area contributed by atoms with Crippen LogP contribution in [0.4, 0.5) is 0 Å². The van der Waals surface area contributed by atoms with Crippen LogP contribution in [0.3, 0.4) is 0 Å². The predicted molar refractivity (Wildman–Crippen MR) is 95.4 cm³/mol. The van der Waals surface area contributed by atoms with E-state index in [-0.39, 0.29) is 5.75 Å². The van der Waals surface area contributed by atoms with Crippen molar-refractivity contribution in [2.75, 3.05) is 20.8 Å². The van der Waals surface area contributed by atoms with Gasteiger partial charge in [-0.25, -0.2) is 0 Å². The van der Waals surface area contributed by atoms with E-state index in [1.807, 2.05) is 19.1 Å². The highest BCUT2D eigenvalue weighted by molar-refractivity contribution is 5.50. The summed E-state index contributed by atoms with van der Waals surface area (Å²) >= 11 is 0. The predicted octanol–water partition coefficient (Wildman–Crippen LogP) is 3.96. The number of benzene rings is 1. The summed E-state index contributed by atoms with van der Waals surface area (Å²) in [6, 6.07) is 4.66. The highest BCUT2D eigenvalue weighted by Gasteiger charge is 2.36. The molecule has 0 fully saturated rings. The summed E-state index contributed by atoms with van der Waals surface area (Å²) in [4.78, 5) is 2.54. The quantitative estimate of drug-likeness (QED) is 0.852. The fourth-order valence-corrected chi connectivity index (χ4v) is 3.94. The molecule has 0 spiro atoms. The summed E-state index contributed by atoms with van der Waals surface area (Å²) in [6.45, 7) is 7.43. The van der Waals surface area contributed by atoms with E-state index in [0.29, 0.717) is 17.8 Å². The first-order valence-electron chi connectivity index (χ1n) is 8.51. The SMILES string of the molecule is CO/C(C)=C/C1=C(C)CN2[C@@H](C)Cc3cc(OC)c(O)cc3[C@@H]2C1. The molecule has 0 saturated carbocycles. The molecule has 130 valence electrons. The van der Waals surface area contributed by atoms with E-state index >= 15 is 0 Å². The summed E-state index contributed by atoms with van der Waals surface area (Å²) in [5, 5.41) is 10.2. The van der Waals surface area contributed by atoms with Gasteiger partial charge in [0.05, 0.1) is 20.0 Å². The Hall–Kier alpha value is -1.94. The molecule has 0 bridgehead atoms. The maximum Gasteiger partial charge on any atom is 0.160 e. The third kappa shape index (κ3) is 2.91. The van der Waals surface area contributed by atoms with Crippen LogP contribution in [0.25, 0.3) is 0 Å². The van der Waals surface area contributed by atoms with Crippen LogP contribution in [0.2, 0.25) is 0 Å². The van der Waals surface area contributed by atoms with Crippen molar-refractivity contribution < 1.29 is 14.6 Å². The fraction of sp³-hybridized carbons (Fsp3) is 0.500. The van der Waals surface area contributed by atoms with Gasteiger partial charge >= 0.3 is 0 Å². The van der Waals surface area contributed by atoms with Gasteiger partial charge in [0.25, 0.3) is 0 Å². The zero-order chi connectivity index (χ0) is 17.4. The lowest BCUT2D eigenvalue weighted by Crippen LogP contribution is -2.45. The van der Waals surface area contributed by atoms with Crippen LogP contribution in [0.1, 0.15) is 44.4 Å². The molecule has 2 atom stereocenters. The van der Waals surface area contributed by atoms with E-state index < -0.39 is 0 Å². The summed E-state index contributed by atoms with van der Waals surface area (Å²) < 4.78 is 10.6. The minimum atomic E-state index is 0.224. The Morgan fingerprint density at radius 2 is 2.04 bits per heavy atom. The second kappa shape index (κ2) is 6.52. The van der Waals surface area contributed by atoms with E-state index in [1.165, 1.54) is 22.3 Å². The Morgan fingerprint density at radius 3 is 2.71 bits per heavy atom. The van der Waals surface area contributed by atoms with Crippen LogP contribution in [0.5, 0.6) is 11.5 Å². The molecule has 4 nitrogen and oxygen atoms in total. The molecule has 0 unspecified atom stereocenters. The fourth-order valence-electron chi connectivity index (χ4n) is 3.94. The molecule has 2 aliphatic heterocycles. The van der Waals surface area contributed by atoms with Crippen molar-refractivity contribution in [3.63, 3.8) is 0 Å². The highest BCUT2D eigenvalue weighted by atomic mass is 16.5. The molecule has 2 heterocycles. The van der Waals surface area contributed by atoms with Crippen molar-refractivity contribution in [1.82, 2.24) is 4.90 Å². The third-order valence-corrected chi connectivity index (χ3v) is 5.36. The number of ether oxygens (including phenoxy) is 2. The minimum absolute atomic E-state index is 0.224. The standard InChI is InChI=1S/C20H27NO3/c1-12-11-21-13(2)6-16-9-20(24-5)19(22)10-17(16)18(21)8-15(12)7-14(3)23-4/h7,9-10,13,18,22H,6,8,11H2,1-5H3/b14-7+/t13-,18-/m0/s1. The Labute approximate surface area is 144 Å². The Bertz CT molecular complexity index is 705. The van der Waals surface area contributed by atoms with Crippen LogP contribution in [0.15, 0.2) is 35.1 Å². The van der Waals surface area contributed by atoms with Crippen molar-refractivity contribution in [2.24, 2.45) is 0 Å². The van der Waals surface area contributed by atoms with Crippen molar-refractivity contribution in [3.8, 4) is 11.5 Å². The summed E-state index contributed by atoms with van der Waals surface area (Å²) in [7, 11) is 3.31. The second-order valence-corrected chi connectivity index (χ2v) is 6.93. The number of allylic oxidation sites excluding steroid dienone is 2. The highest BCUT2D eigenvalue weighted by Crippen LogP contribution is 2.44. The van der Waals surface area contributed by atoms with Crippen molar-refractivity contribution in [3.05, 3.63) is 46.2 Å². The average molecular weight is 329 g/mol. The third-order valence-electron chi connectivity index (χ3n) is 5.36. The number of hydrogen-bond acceptors (Lipinski definition) is 4. The lowest BCUT2D eigenvalue weighted by atomic mass is 9.81. The normalized spacial score (nSPS) is 24.5. The summed E-state index contributed by atoms with van der Waals surface area (Å²) in [5.74, 6) is 1.72. The van der Waals surface area contributed by atoms with Gasteiger partial charge in [-0.1, -0.05) is 5.57 Å². The molecule has 0 amide bonds. The van der Waals surface area contributed by atoms with E-state index in [1.54, 1.807) is 14.2 Å². The van der Waals surface area contributed by atoms with Crippen LogP contribution < -0.4 is 4.74 Å². The molecule has 0 aromatic heterocycles. The molecule has 0 radical (unpaired) electrons. The van der Waals surface area contributed by atoms with Crippen molar-refractivity contribution >= 4 is 0 Å². The number of rotatable bonds is 3. The van der Waals surface area contributed by atoms with Crippen LogP contribution in [0, 0.1) is 0 Å². The van der Waals surface area contributed by atoms with E-state index in [4.69, 9.17) is 9.47 Å². The van der Waals surface area contributed by atoms with Gasteiger partial charge < -0.3 is 14.6 Å². The number of hydrogen-bond donors (Lipinski definition) is 1. The van der Waals surface area contributed by atoms with Gasteiger partial charge in [-0.05, 0) is 68.5 Å². The topological polar surface area (TPSA) is 41.9 Å². The largest absolute Gasteiger partial charge is 0.504 e. The number of aromatic hydroxyl groups is 1. The number of phenolic OH excluding ortho intramolecular Hbond substituents is 1. The molecule has 1 aromatic rings. The summed E-state index contributed by atoms with van der Waals surface area (Å²) in [6.07, 6.45) is 4.07. The number of phenols is 1. The Balaban J connectivity index is 2.02. The van der Waals surface area contributed by atoms with Gasteiger partial charge in [0, 0.05) is 18.6 Å². The average Bonchev–Trinajstić information content (AvgIpc) is 2.56. The molecule has 0 aliphatic carbocycles. The second-order valence-electron chi connectivity index (χ2n) is 6.93. The van der Waals surface area contributed by atoms with Crippen molar-refractivity contribution in [1.29, 1.82) is 0 Å². The summed E-state index contributed by atoms with van der Waals surface area (Å²) in [5.41, 5.74) is 5.24. The van der Waals surface area contributed by atoms with Crippen LogP contribution in [-0.2, 0) is 11.2 Å². The molecule has 1 N–H and O–H groups in total. The van der Waals surface area contributed by atoms with Gasteiger partial charge in [-0.2, -0.15) is 0 Å². The smallest absolute Gasteiger partial charge is 0.160 e. The molecule has 2 aliphatic rings. The number of fused-ring (bicyclic) bond motifs is 3. The number of nitrogens with zero attached hydrogens (tertiary/aromatic N) is 1. The maximum absolute atomic E-state index is 10.2. The first-order chi connectivity index (χ1) is 11.4. The Morgan fingerprint density at radius 1 is 1.29 bits per heavy atom. The number of methoxy groups -OCH3 is 2. The molecule has 24 heavy (non-hydrogen) atoms. The van der Waals surface area contributed by atoms with Gasteiger partial charge in [0.2, 0.25) is 0 Å². The molecule has 1 aromatic carbocycles. The van der Waals surface area contributed by atoms with E-state index in [9.17, 15) is 5.11 Å². The van der Waals surface area contributed by atoms with Gasteiger partial charge in [0.15, 0.2) is 11.5 Å². The zero-order valence-corrected chi connectivity index (χ0v) is 15.2. The van der Waals surface area contributed by atoms with Gasteiger partial charge in [0.1, 0.15) is 0 Å². The molecule has 0 saturated heterocycles. The first-order valence-corrected chi connectivity index (χ1v) is 8.51. The van der Waals surface area contributed by atoms with Crippen LogP contribution >= 0.6 is 0 Å². The molecular weight excluding hydrogens is 302 g/mol. The van der Waals surface area contributed by atoms with E-state index in [0.717, 1.165) is 25.1 Å². The molecule has 4 heteroatoms. The molecular formula is C20H27NO3.